The van der Waals surface area contributed by atoms with Gasteiger partial charge in [-0.1, -0.05) is 12.8 Å². The number of likely N-dealkylation sites (tertiary alicyclic amines) is 1. The monoisotopic (exact) mass is 351 g/mol. The maximum absolute atomic E-state index is 12.9. The molecule has 5 nitrogen and oxygen atoms in total. The summed E-state index contributed by atoms with van der Waals surface area (Å²) in [4.78, 5) is 14.8. The van der Waals surface area contributed by atoms with Crippen LogP contribution in [0, 0.1) is 17.8 Å². The Morgan fingerprint density at radius 3 is 2.64 bits per heavy atom. The zero-order valence-electron chi connectivity index (χ0n) is 15.5. The van der Waals surface area contributed by atoms with E-state index in [-0.39, 0.29) is 24.7 Å². The fourth-order valence-corrected chi connectivity index (χ4v) is 4.73. The van der Waals surface area contributed by atoms with Gasteiger partial charge in [0.15, 0.2) is 5.76 Å². The van der Waals surface area contributed by atoms with Gasteiger partial charge in [0.1, 0.15) is 0 Å². The van der Waals surface area contributed by atoms with Crippen molar-refractivity contribution in [2.45, 2.75) is 64.6 Å². The zero-order valence-corrected chi connectivity index (χ0v) is 15.5. The number of nitrogens with zero attached hydrogens (tertiary/aromatic N) is 1. The Kier molecular flexibility index (Phi) is 6.77. The Labute approximate surface area is 151 Å². The fraction of sp³-hybridized carbons (Fsp3) is 0.850. The van der Waals surface area contributed by atoms with Gasteiger partial charge in [0, 0.05) is 32.2 Å². The SMILES string of the molecule is CCO[C@@H]1OC(C(=O)N2CCCC2)=C[C@H](C2CCCC2)[C@H]1CCCO. The molecule has 1 N–H and O–H groups in total. The molecule has 2 heterocycles. The van der Waals surface area contributed by atoms with E-state index in [1.165, 1.54) is 25.7 Å². The molecule has 1 saturated heterocycles. The van der Waals surface area contributed by atoms with Crippen LogP contribution >= 0.6 is 0 Å². The van der Waals surface area contributed by atoms with Gasteiger partial charge in [-0.3, -0.25) is 4.79 Å². The summed E-state index contributed by atoms with van der Waals surface area (Å²) in [6.45, 7) is 4.40. The lowest BCUT2D eigenvalue weighted by Gasteiger charge is -2.40. The summed E-state index contributed by atoms with van der Waals surface area (Å²) in [6, 6.07) is 0. The van der Waals surface area contributed by atoms with Gasteiger partial charge < -0.3 is 19.5 Å². The van der Waals surface area contributed by atoms with Crippen molar-refractivity contribution >= 4 is 5.91 Å². The molecule has 0 spiro atoms. The highest BCUT2D eigenvalue weighted by atomic mass is 16.7. The molecule has 0 aromatic carbocycles. The summed E-state index contributed by atoms with van der Waals surface area (Å²) in [7, 11) is 0. The van der Waals surface area contributed by atoms with Crippen LogP contribution in [0.15, 0.2) is 11.8 Å². The van der Waals surface area contributed by atoms with Crippen LogP contribution in [0.2, 0.25) is 0 Å². The Balaban J connectivity index is 1.82. The predicted molar refractivity (Wildman–Crippen MR) is 95.7 cm³/mol. The van der Waals surface area contributed by atoms with Crippen LogP contribution in [0.25, 0.3) is 0 Å². The van der Waals surface area contributed by atoms with Gasteiger partial charge in [-0.2, -0.15) is 0 Å². The van der Waals surface area contributed by atoms with Crippen molar-refractivity contribution in [3.8, 4) is 0 Å². The number of hydrogen-bond donors (Lipinski definition) is 1. The number of amides is 1. The minimum atomic E-state index is -0.367. The van der Waals surface area contributed by atoms with Crippen molar-refractivity contribution in [2.75, 3.05) is 26.3 Å². The number of aliphatic hydroxyl groups is 1. The molecule has 2 fully saturated rings. The average Bonchev–Trinajstić information content (AvgIpc) is 3.33. The normalized spacial score (nSPS) is 30.4. The lowest BCUT2D eigenvalue weighted by Crippen LogP contribution is -2.42. The molecule has 0 aromatic rings. The van der Waals surface area contributed by atoms with Crippen LogP contribution < -0.4 is 0 Å². The molecule has 5 heteroatoms. The predicted octanol–water partition coefficient (Wildman–Crippen LogP) is 3.08. The van der Waals surface area contributed by atoms with E-state index in [4.69, 9.17) is 9.47 Å². The fourth-order valence-electron chi connectivity index (χ4n) is 4.73. The van der Waals surface area contributed by atoms with Gasteiger partial charge in [0.05, 0.1) is 0 Å². The first kappa shape index (κ1) is 18.7. The second kappa shape index (κ2) is 9.04. The molecular formula is C20H33NO4. The Morgan fingerprint density at radius 1 is 1.28 bits per heavy atom. The highest BCUT2D eigenvalue weighted by molar-refractivity contribution is 5.91. The van der Waals surface area contributed by atoms with Crippen LogP contribution in [-0.4, -0.2) is 48.5 Å². The summed E-state index contributed by atoms with van der Waals surface area (Å²) < 4.78 is 12.0. The third kappa shape index (κ3) is 4.37. The van der Waals surface area contributed by atoms with E-state index < -0.39 is 0 Å². The number of rotatable bonds is 7. The van der Waals surface area contributed by atoms with Crippen molar-refractivity contribution < 1.29 is 19.4 Å². The summed E-state index contributed by atoms with van der Waals surface area (Å²) >= 11 is 0. The van der Waals surface area contributed by atoms with Crippen molar-refractivity contribution in [3.63, 3.8) is 0 Å². The van der Waals surface area contributed by atoms with E-state index in [9.17, 15) is 9.90 Å². The van der Waals surface area contributed by atoms with Crippen molar-refractivity contribution in [1.82, 2.24) is 4.90 Å². The Morgan fingerprint density at radius 2 is 2.00 bits per heavy atom. The van der Waals surface area contributed by atoms with Crippen LogP contribution in [-0.2, 0) is 14.3 Å². The molecule has 3 rings (SSSR count). The van der Waals surface area contributed by atoms with E-state index in [1.807, 2.05) is 11.8 Å². The standard InChI is InChI=1S/C20H33NO4/c1-2-24-20-16(10-7-13-22)17(15-8-3-4-9-15)14-18(25-20)19(23)21-11-5-6-12-21/h14-17,20,22H,2-13H2,1H3/t16-,17-,20-/m1/s1. The van der Waals surface area contributed by atoms with E-state index in [0.29, 0.717) is 24.2 Å². The molecule has 3 aliphatic rings. The van der Waals surface area contributed by atoms with Crippen LogP contribution in [0.5, 0.6) is 0 Å². The molecule has 1 amide bonds. The molecule has 1 aliphatic carbocycles. The topological polar surface area (TPSA) is 59.0 Å². The molecule has 0 radical (unpaired) electrons. The zero-order chi connectivity index (χ0) is 17.6. The number of hydrogen-bond acceptors (Lipinski definition) is 4. The number of aliphatic hydroxyl groups excluding tert-OH is 1. The minimum Gasteiger partial charge on any atom is -0.459 e. The van der Waals surface area contributed by atoms with Gasteiger partial charge in [0.2, 0.25) is 6.29 Å². The molecule has 142 valence electrons. The van der Waals surface area contributed by atoms with Gasteiger partial charge >= 0.3 is 0 Å². The number of allylic oxidation sites excluding steroid dienone is 1. The summed E-state index contributed by atoms with van der Waals surface area (Å²) in [5, 5.41) is 9.29. The van der Waals surface area contributed by atoms with Crippen LogP contribution in [0.1, 0.15) is 58.3 Å². The quantitative estimate of drug-likeness (QED) is 0.766. The highest BCUT2D eigenvalue weighted by Gasteiger charge is 2.42. The summed E-state index contributed by atoms with van der Waals surface area (Å²) in [5.41, 5.74) is 0. The Hall–Kier alpha value is -1.07. The first-order chi connectivity index (χ1) is 12.2. The lowest BCUT2D eigenvalue weighted by atomic mass is 9.76. The maximum Gasteiger partial charge on any atom is 0.288 e. The number of ether oxygens (including phenoxy) is 2. The minimum absolute atomic E-state index is 0.0332. The van der Waals surface area contributed by atoms with Gasteiger partial charge in [-0.25, -0.2) is 0 Å². The number of carbonyl (C=O) groups excluding carboxylic acids is 1. The van der Waals surface area contributed by atoms with Gasteiger partial charge in [-0.05, 0) is 63.4 Å². The van der Waals surface area contributed by atoms with Crippen molar-refractivity contribution in [3.05, 3.63) is 11.8 Å². The maximum atomic E-state index is 12.9. The third-order valence-electron chi connectivity index (χ3n) is 6.01. The molecule has 0 bridgehead atoms. The molecule has 3 atom stereocenters. The van der Waals surface area contributed by atoms with E-state index in [1.54, 1.807) is 0 Å². The van der Waals surface area contributed by atoms with E-state index in [0.717, 1.165) is 38.8 Å². The Bertz CT molecular complexity index is 466. The number of carbonyl (C=O) groups is 1. The molecule has 25 heavy (non-hydrogen) atoms. The molecule has 2 aliphatic heterocycles. The van der Waals surface area contributed by atoms with Crippen molar-refractivity contribution in [1.29, 1.82) is 0 Å². The first-order valence-electron chi connectivity index (χ1n) is 10.1. The van der Waals surface area contributed by atoms with E-state index in [2.05, 4.69) is 6.08 Å². The third-order valence-corrected chi connectivity index (χ3v) is 6.01. The molecule has 0 unspecified atom stereocenters. The second-order valence-electron chi connectivity index (χ2n) is 7.62. The first-order valence-corrected chi connectivity index (χ1v) is 10.1. The van der Waals surface area contributed by atoms with Gasteiger partial charge in [0.25, 0.3) is 5.91 Å². The smallest absolute Gasteiger partial charge is 0.288 e. The molecular weight excluding hydrogens is 318 g/mol. The summed E-state index contributed by atoms with van der Waals surface area (Å²) in [6.07, 6.45) is 10.5. The van der Waals surface area contributed by atoms with Crippen LogP contribution in [0.3, 0.4) is 0 Å². The average molecular weight is 351 g/mol. The molecule has 0 aromatic heterocycles. The lowest BCUT2D eigenvalue weighted by molar-refractivity contribution is -0.178. The van der Waals surface area contributed by atoms with Crippen molar-refractivity contribution in [2.24, 2.45) is 17.8 Å². The molecule has 1 saturated carbocycles. The van der Waals surface area contributed by atoms with E-state index >= 15 is 0 Å². The largest absolute Gasteiger partial charge is 0.459 e. The van der Waals surface area contributed by atoms with Gasteiger partial charge in [-0.15, -0.1) is 0 Å². The second-order valence-corrected chi connectivity index (χ2v) is 7.62. The van der Waals surface area contributed by atoms with Crippen LogP contribution in [0.4, 0.5) is 0 Å². The summed E-state index contributed by atoms with van der Waals surface area (Å²) in [5.74, 6) is 1.69. The highest BCUT2D eigenvalue weighted by Crippen LogP contribution is 2.43.